The van der Waals surface area contributed by atoms with Gasteiger partial charge in [0.1, 0.15) is 5.76 Å². The Labute approximate surface area is 119 Å². The number of hydrogen-bond acceptors (Lipinski definition) is 5. The molecule has 19 heavy (non-hydrogen) atoms. The summed E-state index contributed by atoms with van der Waals surface area (Å²) in [6.45, 7) is 4.22. The van der Waals surface area contributed by atoms with Crippen LogP contribution >= 0.6 is 15.9 Å². The van der Waals surface area contributed by atoms with Crippen molar-refractivity contribution in [2.24, 2.45) is 5.11 Å². The van der Waals surface area contributed by atoms with Crippen LogP contribution in [0.4, 0.5) is 0 Å². The highest BCUT2D eigenvalue weighted by atomic mass is 79.9. The van der Waals surface area contributed by atoms with Gasteiger partial charge in [-0.15, -0.1) is 0 Å². The first kappa shape index (κ1) is 15.6. The number of azide groups is 1. The molecular formula is C11H15BrN4O3. The molecule has 0 amide bonds. The number of ether oxygens (including phenoxy) is 1. The highest BCUT2D eigenvalue weighted by molar-refractivity contribution is 9.10. The molecule has 0 spiro atoms. The van der Waals surface area contributed by atoms with Crippen LogP contribution in [0.15, 0.2) is 26.3 Å². The maximum atomic E-state index is 12.1. The summed E-state index contributed by atoms with van der Waals surface area (Å²) in [5, 5.41) is 6.40. The van der Waals surface area contributed by atoms with E-state index >= 15 is 0 Å². The zero-order valence-electron chi connectivity index (χ0n) is 10.7. The van der Waals surface area contributed by atoms with Crippen molar-refractivity contribution in [1.29, 1.82) is 0 Å². The lowest BCUT2D eigenvalue weighted by atomic mass is 9.99. The van der Waals surface area contributed by atoms with Crippen LogP contribution < -0.4 is 5.32 Å². The Balaban J connectivity index is 2.89. The Hall–Kier alpha value is -1.50. The number of nitrogens with zero attached hydrogens (tertiary/aromatic N) is 3. The topological polar surface area (TPSA) is 100 Å². The van der Waals surface area contributed by atoms with Gasteiger partial charge in [0.25, 0.3) is 0 Å². The molecule has 0 aliphatic carbocycles. The van der Waals surface area contributed by atoms with Crippen LogP contribution in [0.1, 0.15) is 19.6 Å². The molecule has 1 aromatic rings. The van der Waals surface area contributed by atoms with Crippen molar-refractivity contribution >= 4 is 21.9 Å². The Morgan fingerprint density at radius 1 is 1.68 bits per heavy atom. The summed E-state index contributed by atoms with van der Waals surface area (Å²) in [6.07, 6.45) is 0. The SMILES string of the molecule is CCOC(=O)C(C)(NCCN=[N+]=[N-])c1ccc(Br)o1. The zero-order chi connectivity index (χ0) is 14.3. The lowest BCUT2D eigenvalue weighted by molar-refractivity contribution is -0.151. The number of esters is 1. The minimum Gasteiger partial charge on any atom is -0.464 e. The third kappa shape index (κ3) is 3.99. The van der Waals surface area contributed by atoms with Gasteiger partial charge in [-0.2, -0.15) is 0 Å². The van der Waals surface area contributed by atoms with Crippen LogP contribution in [-0.4, -0.2) is 25.7 Å². The molecule has 1 heterocycles. The van der Waals surface area contributed by atoms with Gasteiger partial charge in [-0.05, 0) is 47.4 Å². The van der Waals surface area contributed by atoms with Crippen LogP contribution in [-0.2, 0) is 15.1 Å². The highest BCUT2D eigenvalue weighted by Gasteiger charge is 2.39. The largest absolute Gasteiger partial charge is 0.464 e. The quantitative estimate of drug-likeness (QED) is 0.273. The summed E-state index contributed by atoms with van der Waals surface area (Å²) in [7, 11) is 0. The Bertz CT molecular complexity index is 484. The number of rotatable bonds is 7. The van der Waals surface area contributed by atoms with E-state index < -0.39 is 11.5 Å². The molecule has 0 saturated carbocycles. The molecule has 7 nitrogen and oxygen atoms in total. The van der Waals surface area contributed by atoms with Gasteiger partial charge in [-0.25, -0.2) is 4.79 Å². The van der Waals surface area contributed by atoms with Crippen molar-refractivity contribution in [2.75, 3.05) is 19.7 Å². The molecule has 1 N–H and O–H groups in total. The average Bonchev–Trinajstić information content (AvgIpc) is 2.82. The molecule has 1 unspecified atom stereocenters. The van der Waals surface area contributed by atoms with Gasteiger partial charge in [0.15, 0.2) is 10.2 Å². The van der Waals surface area contributed by atoms with E-state index in [0.717, 1.165) is 0 Å². The van der Waals surface area contributed by atoms with E-state index in [-0.39, 0.29) is 13.2 Å². The fourth-order valence-electron chi connectivity index (χ4n) is 1.52. The van der Waals surface area contributed by atoms with Gasteiger partial charge in [-0.3, -0.25) is 5.32 Å². The predicted molar refractivity (Wildman–Crippen MR) is 72.4 cm³/mol. The van der Waals surface area contributed by atoms with Gasteiger partial charge in [0, 0.05) is 18.0 Å². The first-order valence-corrected chi connectivity index (χ1v) is 6.52. The third-order valence-corrected chi connectivity index (χ3v) is 2.93. The lowest BCUT2D eigenvalue weighted by Crippen LogP contribution is -2.48. The smallest absolute Gasteiger partial charge is 0.333 e. The van der Waals surface area contributed by atoms with Gasteiger partial charge in [-0.1, -0.05) is 5.11 Å². The molecule has 1 rings (SSSR count). The number of carbonyl (C=O) groups is 1. The Morgan fingerprint density at radius 2 is 2.42 bits per heavy atom. The molecule has 0 saturated heterocycles. The minimum atomic E-state index is -1.12. The van der Waals surface area contributed by atoms with E-state index in [1.165, 1.54) is 0 Å². The van der Waals surface area contributed by atoms with E-state index in [9.17, 15) is 4.79 Å². The molecule has 1 atom stereocenters. The van der Waals surface area contributed by atoms with Crippen LogP contribution in [0.5, 0.6) is 0 Å². The van der Waals surface area contributed by atoms with Crippen molar-refractivity contribution in [2.45, 2.75) is 19.4 Å². The summed E-state index contributed by atoms with van der Waals surface area (Å²) in [5.74, 6) is -0.0171. The monoisotopic (exact) mass is 330 g/mol. The summed E-state index contributed by atoms with van der Waals surface area (Å²) in [6, 6.07) is 3.38. The van der Waals surface area contributed by atoms with E-state index in [2.05, 4.69) is 31.3 Å². The Kier molecular flexibility index (Phi) is 5.88. The van der Waals surface area contributed by atoms with Crippen LogP contribution in [0.3, 0.4) is 0 Å². The molecule has 8 heteroatoms. The summed E-state index contributed by atoms with van der Waals surface area (Å²) >= 11 is 3.19. The van der Waals surface area contributed by atoms with Gasteiger partial charge < -0.3 is 9.15 Å². The first-order chi connectivity index (χ1) is 9.04. The standard InChI is InChI=1S/C11H15BrN4O3/c1-3-18-10(17)11(2,14-6-7-15-16-13)8-4-5-9(12)19-8/h4-5,14H,3,6-7H2,1-2H3. The summed E-state index contributed by atoms with van der Waals surface area (Å²) in [5.41, 5.74) is 7.11. The zero-order valence-corrected chi connectivity index (χ0v) is 12.3. The molecule has 0 bridgehead atoms. The second-order valence-corrected chi connectivity index (χ2v) is 4.61. The number of carbonyl (C=O) groups excluding carboxylic acids is 1. The van der Waals surface area contributed by atoms with Gasteiger partial charge in [0.2, 0.25) is 0 Å². The van der Waals surface area contributed by atoms with Gasteiger partial charge in [0.05, 0.1) is 6.61 Å². The maximum Gasteiger partial charge on any atom is 0.333 e. The minimum absolute atomic E-state index is 0.230. The molecule has 104 valence electrons. The van der Waals surface area contributed by atoms with Crippen LogP contribution in [0.25, 0.3) is 10.4 Å². The maximum absolute atomic E-state index is 12.1. The predicted octanol–water partition coefficient (Wildman–Crippen LogP) is 2.72. The number of nitrogens with one attached hydrogen (secondary N) is 1. The van der Waals surface area contributed by atoms with E-state index in [0.29, 0.717) is 17.0 Å². The van der Waals surface area contributed by atoms with Gasteiger partial charge >= 0.3 is 5.97 Å². The average molecular weight is 331 g/mol. The van der Waals surface area contributed by atoms with E-state index in [1.54, 1.807) is 26.0 Å². The summed E-state index contributed by atoms with van der Waals surface area (Å²) < 4.78 is 11.0. The second-order valence-electron chi connectivity index (χ2n) is 3.83. The van der Waals surface area contributed by atoms with Crippen molar-refractivity contribution in [3.8, 4) is 0 Å². The fourth-order valence-corrected chi connectivity index (χ4v) is 1.83. The number of hydrogen-bond donors (Lipinski definition) is 1. The summed E-state index contributed by atoms with van der Waals surface area (Å²) in [4.78, 5) is 14.7. The number of halogens is 1. The fraction of sp³-hybridized carbons (Fsp3) is 0.545. The van der Waals surface area contributed by atoms with Crippen molar-refractivity contribution in [3.05, 3.63) is 33.0 Å². The first-order valence-electron chi connectivity index (χ1n) is 5.73. The van der Waals surface area contributed by atoms with Crippen LogP contribution in [0.2, 0.25) is 0 Å². The van der Waals surface area contributed by atoms with Crippen molar-refractivity contribution < 1.29 is 13.9 Å². The highest BCUT2D eigenvalue weighted by Crippen LogP contribution is 2.26. The number of furan rings is 1. The lowest BCUT2D eigenvalue weighted by Gasteiger charge is -2.26. The normalized spacial score (nSPS) is 13.4. The van der Waals surface area contributed by atoms with Crippen molar-refractivity contribution in [1.82, 2.24) is 5.32 Å². The second kappa shape index (κ2) is 7.18. The van der Waals surface area contributed by atoms with Crippen molar-refractivity contribution in [3.63, 3.8) is 0 Å². The third-order valence-electron chi connectivity index (χ3n) is 2.50. The van der Waals surface area contributed by atoms with E-state index in [1.807, 2.05) is 0 Å². The van der Waals surface area contributed by atoms with Crippen LogP contribution in [0, 0.1) is 0 Å². The molecule has 0 fully saturated rings. The molecule has 1 aromatic heterocycles. The molecule has 0 radical (unpaired) electrons. The molecule has 0 aliphatic rings. The molecule has 0 aliphatic heterocycles. The van der Waals surface area contributed by atoms with E-state index in [4.69, 9.17) is 14.7 Å². The molecular weight excluding hydrogens is 316 g/mol. The Morgan fingerprint density at radius 3 is 2.95 bits per heavy atom. The molecule has 0 aromatic carbocycles.